The third-order valence-electron chi connectivity index (χ3n) is 12.0. The van der Waals surface area contributed by atoms with Crippen molar-refractivity contribution in [1.29, 1.82) is 0 Å². The SMILES string of the molecule is CCCCCC/C=C\CCCCCCCC(=O)OC(COC(=O)CCCCCCCCCCCCCCCCCCCCCCCCCCC)COC(OCC[N+](C)(C)C)C(=O)O. The summed E-state index contributed by atoms with van der Waals surface area (Å²) < 4.78 is 22.8. The fraction of sp³-hybridized carbons (Fsp3) is 0.907. The van der Waals surface area contributed by atoms with E-state index >= 15 is 0 Å². The van der Waals surface area contributed by atoms with Crippen molar-refractivity contribution in [3.05, 3.63) is 12.2 Å². The van der Waals surface area contributed by atoms with E-state index in [4.69, 9.17) is 18.9 Å². The van der Waals surface area contributed by atoms with Crippen molar-refractivity contribution < 1.29 is 42.9 Å². The Kier molecular flexibility index (Phi) is 45.1. The van der Waals surface area contributed by atoms with E-state index in [9.17, 15) is 19.5 Å². The maximum absolute atomic E-state index is 12.8. The van der Waals surface area contributed by atoms with Crippen LogP contribution in [0.15, 0.2) is 12.2 Å². The summed E-state index contributed by atoms with van der Waals surface area (Å²) in [4.78, 5) is 37.2. The third-order valence-corrected chi connectivity index (χ3v) is 12.0. The first-order valence-electron chi connectivity index (χ1n) is 26.9. The van der Waals surface area contributed by atoms with Crippen molar-refractivity contribution in [2.75, 3.05) is 47.5 Å². The van der Waals surface area contributed by atoms with Gasteiger partial charge in [-0.3, -0.25) is 9.59 Å². The van der Waals surface area contributed by atoms with Gasteiger partial charge in [-0.2, -0.15) is 0 Å². The molecule has 0 aliphatic rings. The smallest absolute Gasteiger partial charge is 0.361 e. The zero-order valence-electron chi connectivity index (χ0n) is 42.3. The molecular weight excluding hydrogens is 791 g/mol. The number of carboxylic acid groups (broad SMARTS) is 1. The lowest BCUT2D eigenvalue weighted by Gasteiger charge is -2.25. The molecule has 0 spiro atoms. The number of esters is 2. The van der Waals surface area contributed by atoms with Gasteiger partial charge in [0.25, 0.3) is 6.29 Å². The van der Waals surface area contributed by atoms with Gasteiger partial charge in [0.1, 0.15) is 13.2 Å². The summed E-state index contributed by atoms with van der Waals surface area (Å²) in [6.07, 6.45) is 48.6. The predicted octanol–water partition coefficient (Wildman–Crippen LogP) is 15.0. The van der Waals surface area contributed by atoms with Crippen LogP contribution in [0.3, 0.4) is 0 Å². The van der Waals surface area contributed by atoms with Crippen LogP contribution < -0.4 is 0 Å². The number of quaternary nitrogens is 1. The fourth-order valence-electron chi connectivity index (χ4n) is 7.83. The Balaban J connectivity index is 4.16. The molecule has 2 unspecified atom stereocenters. The lowest BCUT2D eigenvalue weighted by molar-refractivity contribution is -0.870. The number of ether oxygens (including phenoxy) is 4. The summed E-state index contributed by atoms with van der Waals surface area (Å²) in [6.45, 7) is 4.89. The first-order chi connectivity index (χ1) is 30.6. The van der Waals surface area contributed by atoms with E-state index in [1.807, 2.05) is 21.1 Å². The van der Waals surface area contributed by atoms with Gasteiger partial charge in [0.2, 0.25) is 0 Å². The van der Waals surface area contributed by atoms with Crippen LogP contribution in [-0.2, 0) is 33.3 Å². The van der Waals surface area contributed by atoms with Gasteiger partial charge in [0.15, 0.2) is 6.10 Å². The minimum atomic E-state index is -1.51. The maximum Gasteiger partial charge on any atom is 0.361 e. The lowest BCUT2D eigenvalue weighted by Crippen LogP contribution is -2.40. The molecule has 0 radical (unpaired) electrons. The van der Waals surface area contributed by atoms with Gasteiger partial charge in [-0.1, -0.05) is 219 Å². The zero-order chi connectivity index (χ0) is 46.3. The van der Waals surface area contributed by atoms with E-state index in [1.165, 1.54) is 173 Å². The molecule has 0 aliphatic heterocycles. The molecule has 0 saturated carbocycles. The van der Waals surface area contributed by atoms with Crippen LogP contribution in [0.2, 0.25) is 0 Å². The van der Waals surface area contributed by atoms with Gasteiger partial charge in [-0.05, 0) is 38.5 Å². The number of allylic oxidation sites excluding steroid dienone is 2. The van der Waals surface area contributed by atoms with Gasteiger partial charge in [-0.15, -0.1) is 0 Å². The average molecular weight is 895 g/mol. The summed E-state index contributed by atoms with van der Waals surface area (Å²) >= 11 is 0. The van der Waals surface area contributed by atoms with Crippen LogP contribution in [0.25, 0.3) is 0 Å². The molecule has 63 heavy (non-hydrogen) atoms. The number of likely N-dealkylation sites (N-methyl/N-ethyl adjacent to an activating group) is 1. The molecule has 0 aromatic heterocycles. The monoisotopic (exact) mass is 895 g/mol. The predicted molar refractivity (Wildman–Crippen MR) is 263 cm³/mol. The second kappa shape index (κ2) is 46.6. The molecule has 1 N–H and O–H groups in total. The van der Waals surface area contributed by atoms with E-state index in [-0.39, 0.29) is 32.2 Å². The van der Waals surface area contributed by atoms with Crippen LogP contribution in [0.1, 0.15) is 258 Å². The number of hydrogen-bond donors (Lipinski definition) is 1. The number of carbonyl (C=O) groups excluding carboxylic acids is 2. The molecule has 9 nitrogen and oxygen atoms in total. The van der Waals surface area contributed by atoms with Crippen molar-refractivity contribution in [3.8, 4) is 0 Å². The molecule has 0 aromatic carbocycles. The number of nitrogens with zero attached hydrogens (tertiary/aromatic N) is 1. The molecule has 0 fully saturated rings. The molecule has 0 saturated heterocycles. The summed E-state index contributed by atoms with van der Waals surface area (Å²) in [5, 5.41) is 9.66. The highest BCUT2D eigenvalue weighted by Crippen LogP contribution is 2.17. The van der Waals surface area contributed by atoms with Crippen molar-refractivity contribution in [2.24, 2.45) is 0 Å². The summed E-state index contributed by atoms with van der Waals surface area (Å²) in [6, 6.07) is 0. The van der Waals surface area contributed by atoms with Gasteiger partial charge < -0.3 is 28.5 Å². The highest BCUT2D eigenvalue weighted by molar-refractivity contribution is 5.71. The molecule has 0 amide bonds. The normalized spacial score (nSPS) is 12.8. The Bertz CT molecular complexity index is 1040. The van der Waals surface area contributed by atoms with Gasteiger partial charge in [0.05, 0.1) is 34.4 Å². The van der Waals surface area contributed by atoms with Crippen LogP contribution in [0.5, 0.6) is 0 Å². The molecule has 0 heterocycles. The lowest BCUT2D eigenvalue weighted by atomic mass is 10.0. The molecule has 9 heteroatoms. The van der Waals surface area contributed by atoms with Crippen LogP contribution >= 0.6 is 0 Å². The van der Waals surface area contributed by atoms with Crippen molar-refractivity contribution in [1.82, 2.24) is 0 Å². The molecule has 0 rings (SSSR count). The number of carboxylic acids is 1. The number of carbonyl (C=O) groups is 3. The van der Waals surface area contributed by atoms with E-state index in [0.29, 0.717) is 23.9 Å². The zero-order valence-corrected chi connectivity index (χ0v) is 42.3. The molecule has 0 aliphatic carbocycles. The van der Waals surface area contributed by atoms with E-state index in [1.54, 1.807) is 0 Å². The molecule has 2 atom stereocenters. The molecule has 0 bridgehead atoms. The highest BCUT2D eigenvalue weighted by Gasteiger charge is 2.25. The largest absolute Gasteiger partial charge is 0.477 e. The minimum Gasteiger partial charge on any atom is -0.477 e. The van der Waals surface area contributed by atoms with Gasteiger partial charge in [-0.25, -0.2) is 4.79 Å². The first-order valence-corrected chi connectivity index (χ1v) is 26.9. The Hall–Kier alpha value is -1.97. The Morgan fingerprint density at radius 2 is 0.810 bits per heavy atom. The van der Waals surface area contributed by atoms with Crippen molar-refractivity contribution in [3.63, 3.8) is 0 Å². The molecule has 0 aromatic rings. The highest BCUT2D eigenvalue weighted by atomic mass is 16.7. The quantitative estimate of drug-likeness (QED) is 0.0211. The topological polar surface area (TPSA) is 108 Å². The second-order valence-electron chi connectivity index (χ2n) is 19.5. The summed E-state index contributed by atoms with van der Waals surface area (Å²) in [5.41, 5.74) is 0. The Morgan fingerprint density at radius 1 is 0.460 bits per heavy atom. The van der Waals surface area contributed by atoms with Crippen LogP contribution in [0.4, 0.5) is 0 Å². The number of rotatable bonds is 50. The summed E-state index contributed by atoms with van der Waals surface area (Å²) in [7, 11) is 5.97. The third kappa shape index (κ3) is 47.8. The Morgan fingerprint density at radius 3 is 1.19 bits per heavy atom. The Labute approximate surface area is 389 Å². The number of unbranched alkanes of at least 4 members (excludes halogenated alkanes) is 33. The van der Waals surface area contributed by atoms with Crippen molar-refractivity contribution in [2.45, 2.75) is 270 Å². The van der Waals surface area contributed by atoms with E-state index in [0.717, 1.165) is 51.4 Å². The van der Waals surface area contributed by atoms with Crippen LogP contribution in [-0.4, -0.2) is 87.4 Å². The fourth-order valence-corrected chi connectivity index (χ4v) is 7.83. The maximum atomic E-state index is 12.8. The van der Waals surface area contributed by atoms with E-state index in [2.05, 4.69) is 26.0 Å². The number of aliphatic carboxylic acids is 1. The first kappa shape index (κ1) is 61.0. The van der Waals surface area contributed by atoms with Crippen LogP contribution in [0, 0.1) is 0 Å². The minimum absolute atomic E-state index is 0.179. The second-order valence-corrected chi connectivity index (χ2v) is 19.5. The number of hydrogen-bond acceptors (Lipinski definition) is 7. The average Bonchev–Trinajstić information content (AvgIpc) is 3.24. The summed E-state index contributed by atoms with van der Waals surface area (Å²) in [5.74, 6) is -2.00. The molecule has 372 valence electrons. The van der Waals surface area contributed by atoms with Crippen molar-refractivity contribution >= 4 is 17.9 Å². The van der Waals surface area contributed by atoms with Gasteiger partial charge >= 0.3 is 17.9 Å². The standard InChI is InChI=1S/C54H103NO8/c1-6-8-10-12-14-16-18-20-21-22-23-24-25-26-27-28-29-30-31-33-34-36-38-40-42-44-51(56)61-48-50(49-62-54(53(58)59)60-47-46-55(3,4)5)63-52(57)45-43-41-39-37-35-32-19-17-15-13-11-9-7-2/h17,19,50,54H,6-16,18,20-49H2,1-5H3/p+1/b19-17-. The van der Waals surface area contributed by atoms with Gasteiger partial charge in [0, 0.05) is 12.8 Å². The molecular formula is C54H104NO8+. The van der Waals surface area contributed by atoms with E-state index < -0.39 is 24.3 Å².